The summed E-state index contributed by atoms with van der Waals surface area (Å²) in [5, 5.41) is 35.5. The molecule has 0 spiro atoms. The van der Waals surface area contributed by atoms with Crippen LogP contribution < -0.4 is 16.4 Å². The summed E-state index contributed by atoms with van der Waals surface area (Å²) in [6.07, 6.45) is 8.43. The van der Waals surface area contributed by atoms with E-state index >= 15 is 0 Å². The lowest BCUT2D eigenvalue weighted by Crippen LogP contribution is -2.46. The van der Waals surface area contributed by atoms with Crippen LogP contribution in [0.15, 0.2) is 12.7 Å². The van der Waals surface area contributed by atoms with E-state index in [1.54, 1.807) is 0 Å². The highest BCUT2D eigenvalue weighted by Crippen LogP contribution is 2.61. The first-order chi connectivity index (χ1) is 32.5. The zero-order chi connectivity index (χ0) is 50.8. The van der Waals surface area contributed by atoms with Gasteiger partial charge in [0.15, 0.2) is 22.8 Å². The summed E-state index contributed by atoms with van der Waals surface area (Å²) in [6.45, 7) is 0.807. The van der Waals surface area contributed by atoms with E-state index in [4.69, 9.17) is 29.4 Å². The largest absolute Gasteiger partial charge is 0.481 e. The maximum Gasteiger partial charge on any atom is 0.481 e. The van der Waals surface area contributed by atoms with E-state index in [9.17, 15) is 57.9 Å². The predicted molar refractivity (Wildman–Crippen MR) is 247 cm³/mol. The van der Waals surface area contributed by atoms with E-state index in [2.05, 4.69) is 34.4 Å². The molecule has 0 aliphatic carbocycles. The Morgan fingerprint density at radius 2 is 1.46 bits per heavy atom. The number of amides is 2. The van der Waals surface area contributed by atoms with Crippen molar-refractivity contribution in [2.75, 3.05) is 44.4 Å². The number of nitrogens with zero attached hydrogens (tertiary/aromatic N) is 4. The molecule has 2 aromatic heterocycles. The highest BCUT2D eigenvalue weighted by atomic mass is 32.2. The average molecular weight is 1060 g/mol. The number of aliphatic hydroxyl groups excluding tert-OH is 3. The number of epoxide rings is 1. The summed E-state index contributed by atoms with van der Waals surface area (Å²) in [4.78, 5) is 88.4. The second kappa shape index (κ2) is 28.1. The van der Waals surface area contributed by atoms with E-state index in [1.165, 1.54) is 39.5 Å². The number of thioether (sulfide) groups is 1. The minimum atomic E-state index is -5.58. The van der Waals surface area contributed by atoms with Gasteiger partial charge in [0.25, 0.3) is 0 Å². The molecule has 26 nitrogen and oxygen atoms in total. The summed E-state index contributed by atoms with van der Waals surface area (Å²) in [6, 6.07) is 0. The molecule has 9 atom stereocenters. The number of phosphoric ester groups is 3. The number of anilines is 1. The van der Waals surface area contributed by atoms with Gasteiger partial charge in [0, 0.05) is 43.7 Å². The lowest BCUT2D eigenvalue weighted by molar-refractivity contribution is -0.137. The van der Waals surface area contributed by atoms with Gasteiger partial charge in [-0.25, -0.2) is 28.6 Å². The topological polar surface area (TPSA) is 396 Å². The molecule has 9 unspecified atom stereocenters. The van der Waals surface area contributed by atoms with Gasteiger partial charge in [0.1, 0.15) is 36.3 Å². The Morgan fingerprint density at radius 1 is 0.841 bits per heavy atom. The van der Waals surface area contributed by atoms with Gasteiger partial charge in [0.05, 0.1) is 31.7 Å². The van der Waals surface area contributed by atoms with Crippen molar-refractivity contribution in [3.63, 3.8) is 0 Å². The predicted octanol–water partition coefficient (Wildman–Crippen LogP) is 2.89. The van der Waals surface area contributed by atoms with Crippen LogP contribution in [0.5, 0.6) is 0 Å². The second-order valence-corrected chi connectivity index (χ2v) is 22.8. The molecule has 69 heavy (non-hydrogen) atoms. The normalized spacial score (nSPS) is 22.8. The number of nitrogen functional groups attached to an aromatic ring is 1. The molecular weight excluding hydrogens is 995 g/mol. The number of rotatable bonds is 35. The number of phosphoric acid groups is 3. The third kappa shape index (κ3) is 20.9. The van der Waals surface area contributed by atoms with Crippen molar-refractivity contribution in [2.45, 2.75) is 153 Å². The van der Waals surface area contributed by atoms with Crippen molar-refractivity contribution in [1.82, 2.24) is 30.2 Å². The van der Waals surface area contributed by atoms with Gasteiger partial charge in [-0.1, -0.05) is 83.4 Å². The number of ether oxygens (including phenoxy) is 2. The molecule has 0 aromatic carbocycles. The molecule has 2 aliphatic heterocycles. The zero-order valence-electron chi connectivity index (χ0n) is 38.7. The van der Waals surface area contributed by atoms with Crippen LogP contribution in [-0.2, 0) is 55.4 Å². The molecule has 2 saturated heterocycles. The van der Waals surface area contributed by atoms with Crippen molar-refractivity contribution in [1.29, 1.82) is 0 Å². The Balaban J connectivity index is 1.05. The summed E-state index contributed by atoms with van der Waals surface area (Å²) in [5.41, 5.74) is 4.27. The fraction of sp³-hybridized carbons (Fsp3) is 0.795. The van der Waals surface area contributed by atoms with Crippen molar-refractivity contribution < 1.29 is 90.3 Å². The Kier molecular flexibility index (Phi) is 24.0. The summed E-state index contributed by atoms with van der Waals surface area (Å²) < 4.78 is 68.2. The minimum absolute atomic E-state index is 0.0305. The number of unbranched alkanes of at least 4 members (excludes halogenated alkanes) is 9. The average Bonchev–Trinajstić information content (AvgIpc) is 3.76. The highest BCUT2D eigenvalue weighted by Gasteiger charge is 2.50. The van der Waals surface area contributed by atoms with E-state index < -0.39 is 84.6 Å². The van der Waals surface area contributed by atoms with Crippen LogP contribution in [0.2, 0.25) is 0 Å². The van der Waals surface area contributed by atoms with Crippen LogP contribution in [-0.4, -0.2) is 147 Å². The molecule has 2 fully saturated rings. The Bertz CT molecular complexity index is 2100. The number of aromatic nitrogens is 4. The number of hydrogen-bond acceptors (Lipinski definition) is 20. The molecule has 4 rings (SSSR count). The van der Waals surface area contributed by atoms with Crippen molar-refractivity contribution in [3.8, 4) is 0 Å². The third-order valence-corrected chi connectivity index (χ3v) is 15.3. The maximum absolute atomic E-state index is 12.7. The molecule has 2 aromatic rings. The van der Waals surface area contributed by atoms with Gasteiger partial charge in [-0.15, -0.1) is 0 Å². The molecule has 394 valence electrons. The maximum atomic E-state index is 12.7. The minimum Gasteiger partial charge on any atom is -0.396 e. The second-order valence-electron chi connectivity index (χ2n) is 17.4. The van der Waals surface area contributed by atoms with E-state index in [1.807, 2.05) is 0 Å². The first-order valence-corrected chi connectivity index (χ1v) is 28.3. The monoisotopic (exact) mass is 1060 g/mol. The summed E-state index contributed by atoms with van der Waals surface area (Å²) in [5.74, 6) is -1.06. The highest BCUT2D eigenvalue weighted by molar-refractivity contribution is 8.13. The molecule has 0 saturated carbocycles. The number of hydrogen-bond donors (Lipinski definition) is 10. The van der Waals surface area contributed by atoms with Gasteiger partial charge in [-0.2, -0.15) is 4.31 Å². The van der Waals surface area contributed by atoms with Crippen LogP contribution in [0.3, 0.4) is 0 Å². The third-order valence-electron chi connectivity index (χ3n) is 11.2. The van der Waals surface area contributed by atoms with Gasteiger partial charge < -0.3 is 60.7 Å². The van der Waals surface area contributed by atoms with Crippen LogP contribution in [0.25, 0.3) is 11.2 Å². The van der Waals surface area contributed by atoms with E-state index in [0.29, 0.717) is 24.4 Å². The van der Waals surface area contributed by atoms with Crippen molar-refractivity contribution >= 4 is 69.1 Å². The first kappa shape index (κ1) is 59.0. The van der Waals surface area contributed by atoms with E-state index in [-0.39, 0.29) is 48.2 Å². The van der Waals surface area contributed by atoms with Crippen LogP contribution in [0, 0.1) is 5.41 Å². The molecule has 11 N–H and O–H groups in total. The van der Waals surface area contributed by atoms with Crippen LogP contribution in [0.4, 0.5) is 5.82 Å². The van der Waals surface area contributed by atoms with Crippen LogP contribution in [0.1, 0.15) is 116 Å². The van der Waals surface area contributed by atoms with Crippen molar-refractivity contribution in [3.05, 3.63) is 12.7 Å². The summed E-state index contributed by atoms with van der Waals surface area (Å²) in [7, 11) is -16.4. The Hall–Kier alpha value is -2.52. The molecule has 2 aliphatic rings. The zero-order valence-corrected chi connectivity index (χ0v) is 42.2. The molecule has 4 heterocycles. The Labute approximate surface area is 404 Å². The van der Waals surface area contributed by atoms with Gasteiger partial charge >= 0.3 is 23.5 Å². The number of imidazole rings is 1. The summed E-state index contributed by atoms with van der Waals surface area (Å²) >= 11 is 1.14. The number of carbonyl (C=O) groups excluding carboxylic acids is 3. The Morgan fingerprint density at radius 3 is 2.12 bits per heavy atom. The quantitative estimate of drug-likeness (QED) is 0.0269. The molecule has 30 heteroatoms. The van der Waals surface area contributed by atoms with Gasteiger partial charge in [-0.3, -0.25) is 32.5 Å². The van der Waals surface area contributed by atoms with E-state index in [0.717, 1.165) is 86.8 Å². The number of nitrogens with one attached hydrogen (secondary N) is 2. The van der Waals surface area contributed by atoms with Gasteiger partial charge in [0.2, 0.25) is 11.8 Å². The lowest BCUT2D eigenvalue weighted by Gasteiger charge is -2.30. The van der Waals surface area contributed by atoms with Crippen LogP contribution >= 0.6 is 35.2 Å². The fourth-order valence-corrected chi connectivity index (χ4v) is 10.9. The number of fused-ring (bicyclic) bond motifs is 1. The molecular formula is C39H68N7O19P3S. The number of carbonyl (C=O) groups is 3. The molecule has 0 radical (unpaired) electrons. The smallest absolute Gasteiger partial charge is 0.396 e. The lowest BCUT2D eigenvalue weighted by atomic mass is 9.87. The molecule has 2 amide bonds. The number of nitrogens with two attached hydrogens (primary N) is 1. The SMILES string of the molecule is CC(C)(COP(=O)(O)OP(=O)(O)OCC1OC(n2cnc3c(N)ncnc32)C(O)C1OP(=O)(O)O)C(O)C(=O)NCCC(=O)NCCSC(=O)CCCCCCCC1OC1CCCCCCCCO. The molecule has 0 bridgehead atoms. The van der Waals surface area contributed by atoms with Gasteiger partial charge in [-0.05, 0) is 25.7 Å². The van der Waals surface area contributed by atoms with Crippen molar-refractivity contribution in [2.24, 2.45) is 5.41 Å². The number of aliphatic hydroxyl groups is 3. The first-order valence-electron chi connectivity index (χ1n) is 22.8. The standard InChI is InChI=1S/C39H68N7O19P3S/c1-39(2,23-61-68(58,59)65-67(56,57)60-22-28-33(64-66(53,54)55)32(50)38(63-28)46-25-45-31-35(40)43-24-44-36(31)46)34(51)37(52)42-18-17-29(48)41-19-21-69-30(49)16-12-8-5-7-11-15-27-26(62-27)14-10-6-3-4-9-13-20-47/h24-28,32-34,38,47,50-51H,3-23H2,1-2H3,(H,41,48)(H,42,52)(H,56,57)(H,58,59)(H2,40,43,44)(H2,53,54,55). The fourth-order valence-electron chi connectivity index (χ4n) is 7.36.